The zero-order chi connectivity index (χ0) is 22.7. The number of rotatable bonds is 3. The average molecular weight is 517 g/mol. The highest BCUT2D eigenvalue weighted by Gasteiger charge is 2.32. The van der Waals surface area contributed by atoms with Gasteiger partial charge >= 0.3 is 0 Å². The Balaban J connectivity index is 1.60. The van der Waals surface area contributed by atoms with Gasteiger partial charge in [0.1, 0.15) is 0 Å². The molecule has 32 heavy (non-hydrogen) atoms. The maximum atomic E-state index is 13.6. The number of carbonyl (C=O) groups is 1. The summed E-state index contributed by atoms with van der Waals surface area (Å²) in [6.45, 7) is 4.26. The summed E-state index contributed by atoms with van der Waals surface area (Å²) in [7, 11) is 1.78. The topological polar surface area (TPSA) is 97.0 Å². The van der Waals surface area contributed by atoms with Crippen molar-refractivity contribution in [3.63, 3.8) is 0 Å². The van der Waals surface area contributed by atoms with Gasteiger partial charge in [-0.05, 0) is 38.0 Å². The van der Waals surface area contributed by atoms with Crippen LogP contribution < -0.4 is 5.56 Å². The smallest absolute Gasteiger partial charge is 0.256 e. The van der Waals surface area contributed by atoms with E-state index in [1.807, 2.05) is 13.0 Å². The lowest BCUT2D eigenvalue weighted by Crippen LogP contribution is -2.39. The molecule has 0 unspecified atom stereocenters. The molecule has 4 heterocycles. The van der Waals surface area contributed by atoms with E-state index in [-0.39, 0.29) is 18.0 Å². The summed E-state index contributed by atoms with van der Waals surface area (Å²) in [6.07, 6.45) is 2.16. The maximum absolute atomic E-state index is 13.6. The van der Waals surface area contributed by atoms with Crippen LogP contribution in [0.2, 0.25) is 5.02 Å². The van der Waals surface area contributed by atoms with Gasteiger partial charge in [-0.2, -0.15) is 0 Å². The summed E-state index contributed by atoms with van der Waals surface area (Å²) in [6, 6.07) is 3.67. The van der Waals surface area contributed by atoms with Crippen molar-refractivity contribution in [3.05, 3.63) is 66.3 Å². The van der Waals surface area contributed by atoms with E-state index in [9.17, 15) is 9.59 Å². The normalized spacial score (nSPS) is 13.8. The lowest BCUT2D eigenvalue weighted by Gasteiger charge is -2.30. The molecule has 10 heteroatoms. The van der Waals surface area contributed by atoms with E-state index in [1.54, 1.807) is 35.9 Å². The Morgan fingerprint density at radius 2 is 2.09 bits per heavy atom. The van der Waals surface area contributed by atoms with Gasteiger partial charge in [0.2, 0.25) is 0 Å². The van der Waals surface area contributed by atoms with E-state index in [2.05, 4.69) is 31.2 Å². The van der Waals surface area contributed by atoms with Gasteiger partial charge in [0, 0.05) is 34.6 Å². The molecule has 0 radical (unpaired) electrons. The van der Waals surface area contributed by atoms with Gasteiger partial charge in [-0.1, -0.05) is 32.7 Å². The second kappa shape index (κ2) is 7.60. The quantitative estimate of drug-likeness (QED) is 0.441. The molecule has 0 aliphatic carbocycles. The number of fused-ring (bicyclic) bond motifs is 2. The highest BCUT2D eigenvalue weighted by molar-refractivity contribution is 9.10. The lowest BCUT2D eigenvalue weighted by molar-refractivity contribution is 0.0727. The van der Waals surface area contributed by atoms with Gasteiger partial charge in [0.05, 0.1) is 40.5 Å². The third-order valence-electron chi connectivity index (χ3n) is 5.96. The number of aromatic nitrogens is 4. The third kappa shape index (κ3) is 3.10. The van der Waals surface area contributed by atoms with Gasteiger partial charge < -0.3 is 14.3 Å². The largest absolute Gasteiger partial charge is 0.463 e. The first-order chi connectivity index (χ1) is 15.3. The average Bonchev–Trinajstić information content (AvgIpc) is 3.36. The molecule has 3 aromatic heterocycles. The number of hydrogen-bond donors (Lipinski definition) is 1. The Kier molecular flexibility index (Phi) is 4.98. The number of aromatic amines is 1. The standard InChI is InChI=1S/C22H19BrClN5O3/c1-10-19(28(3)27-26-10)14-8-16(23)13-4-6-29(22(31)17(13)18(14)24)9-15-12-5-7-32-20(12)11(2)25-21(15)30/h5,7-8H,4,6,9H2,1-3H3,(H,25,30). The fourth-order valence-corrected chi connectivity index (χ4v) is 5.36. The zero-order valence-electron chi connectivity index (χ0n) is 17.6. The highest BCUT2D eigenvalue weighted by Crippen LogP contribution is 2.40. The van der Waals surface area contributed by atoms with Gasteiger partial charge in [-0.3, -0.25) is 9.59 Å². The molecule has 1 aromatic carbocycles. The van der Waals surface area contributed by atoms with Crippen LogP contribution in [-0.2, 0) is 20.0 Å². The molecular formula is C22H19BrClN5O3. The fourth-order valence-electron chi connectivity index (χ4n) is 4.40. The van der Waals surface area contributed by atoms with Gasteiger partial charge in [0.25, 0.3) is 11.5 Å². The summed E-state index contributed by atoms with van der Waals surface area (Å²) in [4.78, 5) is 30.8. The van der Waals surface area contributed by atoms with E-state index in [1.165, 1.54) is 0 Å². The van der Waals surface area contributed by atoms with Crippen molar-refractivity contribution in [1.82, 2.24) is 24.9 Å². The van der Waals surface area contributed by atoms with Crippen LogP contribution in [0.3, 0.4) is 0 Å². The van der Waals surface area contributed by atoms with Crippen molar-refractivity contribution in [2.24, 2.45) is 7.05 Å². The number of furan rings is 1. The van der Waals surface area contributed by atoms with Crippen molar-refractivity contribution < 1.29 is 9.21 Å². The molecule has 8 nitrogen and oxygen atoms in total. The zero-order valence-corrected chi connectivity index (χ0v) is 20.0. The van der Waals surface area contributed by atoms with Crippen LogP contribution in [0.1, 0.15) is 32.9 Å². The molecule has 164 valence electrons. The molecule has 0 saturated heterocycles. The second-order valence-corrected chi connectivity index (χ2v) is 9.15. The third-order valence-corrected chi connectivity index (χ3v) is 7.06. The minimum Gasteiger partial charge on any atom is -0.463 e. The maximum Gasteiger partial charge on any atom is 0.256 e. The Hall–Kier alpha value is -2.91. The van der Waals surface area contributed by atoms with E-state index in [4.69, 9.17) is 16.0 Å². The number of halogens is 2. The SMILES string of the molecule is Cc1nnn(C)c1-c1cc(Br)c2c(c1Cl)C(=O)N(Cc1c(=O)[nH]c(C)c3occc13)CC2. The van der Waals surface area contributed by atoms with Crippen molar-refractivity contribution in [2.45, 2.75) is 26.8 Å². The summed E-state index contributed by atoms with van der Waals surface area (Å²) in [5, 5.41) is 9.23. The van der Waals surface area contributed by atoms with Gasteiger partial charge in [0.15, 0.2) is 5.58 Å². The number of benzene rings is 1. The Morgan fingerprint density at radius 1 is 1.31 bits per heavy atom. The molecule has 0 saturated carbocycles. The Morgan fingerprint density at radius 3 is 2.81 bits per heavy atom. The molecule has 5 rings (SSSR count). The first-order valence-corrected chi connectivity index (χ1v) is 11.2. The molecule has 0 spiro atoms. The predicted molar refractivity (Wildman–Crippen MR) is 124 cm³/mol. The Bertz CT molecular complexity index is 1450. The molecule has 1 N–H and O–H groups in total. The van der Waals surface area contributed by atoms with Crippen LogP contribution in [0.4, 0.5) is 0 Å². The summed E-state index contributed by atoms with van der Waals surface area (Å²) < 4.78 is 7.97. The minimum absolute atomic E-state index is 0.161. The first kappa shape index (κ1) is 21.0. The molecular weight excluding hydrogens is 498 g/mol. The second-order valence-electron chi connectivity index (χ2n) is 7.92. The van der Waals surface area contributed by atoms with Crippen LogP contribution in [0.25, 0.3) is 22.2 Å². The van der Waals surface area contributed by atoms with E-state index in [0.717, 1.165) is 21.4 Å². The number of aryl methyl sites for hydroxylation is 3. The van der Waals surface area contributed by atoms with Crippen LogP contribution in [-0.4, -0.2) is 37.3 Å². The number of hydrogen-bond acceptors (Lipinski definition) is 5. The molecule has 0 atom stereocenters. The van der Waals surface area contributed by atoms with Crippen molar-refractivity contribution in [2.75, 3.05) is 6.54 Å². The molecule has 0 bridgehead atoms. The van der Waals surface area contributed by atoms with E-state index < -0.39 is 0 Å². The van der Waals surface area contributed by atoms with Gasteiger partial charge in [-0.15, -0.1) is 5.10 Å². The van der Waals surface area contributed by atoms with Crippen LogP contribution in [0, 0.1) is 13.8 Å². The fraction of sp³-hybridized carbons (Fsp3) is 0.273. The van der Waals surface area contributed by atoms with Gasteiger partial charge in [-0.25, -0.2) is 4.68 Å². The molecule has 1 aliphatic rings. The van der Waals surface area contributed by atoms with Crippen molar-refractivity contribution in [3.8, 4) is 11.3 Å². The number of nitrogens with zero attached hydrogens (tertiary/aromatic N) is 4. The minimum atomic E-state index is -0.229. The predicted octanol–water partition coefficient (Wildman–Crippen LogP) is 4.15. The summed E-state index contributed by atoms with van der Waals surface area (Å²) in [5.74, 6) is -0.219. The summed E-state index contributed by atoms with van der Waals surface area (Å²) >= 11 is 10.4. The number of amides is 1. The first-order valence-electron chi connectivity index (χ1n) is 10.0. The molecule has 1 amide bonds. The number of nitrogens with one attached hydrogen (secondary N) is 1. The monoisotopic (exact) mass is 515 g/mol. The summed E-state index contributed by atoms with van der Waals surface area (Å²) in [5.41, 5.74) is 4.99. The highest BCUT2D eigenvalue weighted by atomic mass is 79.9. The number of pyridine rings is 1. The van der Waals surface area contributed by atoms with Crippen LogP contribution >= 0.6 is 27.5 Å². The number of H-pyrrole nitrogens is 1. The molecule has 4 aromatic rings. The van der Waals surface area contributed by atoms with Crippen molar-refractivity contribution in [1.29, 1.82) is 0 Å². The molecule has 0 fully saturated rings. The van der Waals surface area contributed by atoms with Crippen LogP contribution in [0.5, 0.6) is 0 Å². The van der Waals surface area contributed by atoms with E-state index >= 15 is 0 Å². The van der Waals surface area contributed by atoms with E-state index in [0.29, 0.717) is 51.3 Å². The molecule has 1 aliphatic heterocycles. The van der Waals surface area contributed by atoms with Crippen molar-refractivity contribution >= 4 is 44.4 Å². The lowest BCUT2D eigenvalue weighted by atomic mass is 9.94. The Labute approximate surface area is 196 Å². The number of carbonyl (C=O) groups excluding carboxylic acids is 1. The van der Waals surface area contributed by atoms with Crippen LogP contribution in [0.15, 0.2) is 32.1 Å².